The van der Waals surface area contributed by atoms with Gasteiger partial charge in [-0.15, -0.1) is 11.3 Å². The first-order chi connectivity index (χ1) is 23.2. The first-order valence-corrected chi connectivity index (χ1v) is 16.9. The van der Waals surface area contributed by atoms with Crippen molar-refractivity contribution in [3.8, 4) is 16.9 Å². The van der Waals surface area contributed by atoms with Crippen molar-refractivity contribution in [1.29, 1.82) is 0 Å². The predicted octanol–water partition coefficient (Wildman–Crippen LogP) is 7.77. The van der Waals surface area contributed by atoms with Crippen LogP contribution < -0.4 is 20.3 Å². The highest BCUT2D eigenvalue weighted by molar-refractivity contribution is 7.09. The van der Waals surface area contributed by atoms with Crippen LogP contribution in [-0.4, -0.2) is 48.4 Å². The van der Waals surface area contributed by atoms with Gasteiger partial charge in [-0.1, -0.05) is 18.2 Å². The molecule has 0 spiro atoms. The van der Waals surface area contributed by atoms with E-state index in [1.54, 1.807) is 11.3 Å². The summed E-state index contributed by atoms with van der Waals surface area (Å²) in [6, 6.07) is 26.8. The molecule has 0 atom stereocenters. The van der Waals surface area contributed by atoms with Gasteiger partial charge in [-0.05, 0) is 83.6 Å². The van der Waals surface area contributed by atoms with Gasteiger partial charge < -0.3 is 29.6 Å². The molecule has 5 heterocycles. The summed E-state index contributed by atoms with van der Waals surface area (Å²) in [5.74, 6) is 0.717. The molecule has 47 heavy (non-hydrogen) atoms. The van der Waals surface area contributed by atoms with Gasteiger partial charge in [0, 0.05) is 60.0 Å². The number of anilines is 4. The molecule has 236 valence electrons. The fourth-order valence-corrected chi connectivity index (χ4v) is 7.11. The predicted molar refractivity (Wildman–Crippen MR) is 190 cm³/mol. The zero-order valence-corrected chi connectivity index (χ0v) is 26.8. The number of thiophene rings is 1. The number of aryl methyl sites for hydroxylation is 2. The lowest BCUT2D eigenvalue weighted by molar-refractivity contribution is 0.102. The second kappa shape index (κ2) is 12.9. The minimum Gasteiger partial charge on any atom is -0.493 e. The van der Waals surface area contributed by atoms with Crippen molar-refractivity contribution in [3.63, 3.8) is 0 Å². The second-order valence-corrected chi connectivity index (χ2v) is 12.9. The van der Waals surface area contributed by atoms with Gasteiger partial charge in [0.2, 0.25) is 0 Å². The highest BCUT2D eigenvalue weighted by atomic mass is 32.1. The number of benzene rings is 3. The Bertz CT molecular complexity index is 2030. The molecule has 3 aromatic carbocycles. The van der Waals surface area contributed by atoms with Gasteiger partial charge in [-0.3, -0.25) is 9.78 Å². The molecule has 8 rings (SSSR count). The maximum absolute atomic E-state index is 13.4. The molecular weight excluding hydrogens is 607 g/mol. The number of morpholine rings is 1. The Morgan fingerprint density at radius 3 is 2.62 bits per heavy atom. The molecule has 0 radical (unpaired) electrons. The summed E-state index contributed by atoms with van der Waals surface area (Å²) in [7, 11) is 0. The maximum Gasteiger partial charge on any atom is 0.257 e. The Balaban J connectivity index is 0.972. The van der Waals surface area contributed by atoms with Crippen LogP contribution in [0.1, 0.15) is 20.8 Å². The van der Waals surface area contributed by atoms with E-state index in [9.17, 15) is 4.79 Å². The highest BCUT2D eigenvalue weighted by Crippen LogP contribution is 2.37. The van der Waals surface area contributed by atoms with Crippen LogP contribution in [0.2, 0.25) is 0 Å². The third-order valence-corrected chi connectivity index (χ3v) is 9.85. The van der Waals surface area contributed by atoms with E-state index in [1.807, 2.05) is 48.8 Å². The summed E-state index contributed by atoms with van der Waals surface area (Å²) < 4.78 is 13.8. The number of hydrogen-bond donors (Lipinski definition) is 2. The van der Waals surface area contributed by atoms with Crippen molar-refractivity contribution in [3.05, 3.63) is 119 Å². The smallest absolute Gasteiger partial charge is 0.257 e. The monoisotopic (exact) mass is 641 g/mol. The van der Waals surface area contributed by atoms with E-state index in [0.29, 0.717) is 12.2 Å². The SMILES string of the molecule is O=C1Nc2cc(CCOc3ccc(N4CCOCC4)cc3)ccc2Nc2cc(-c3cn(CCc4cccs4)c4cnccc34)ccc21. The lowest BCUT2D eigenvalue weighted by atomic mass is 10.0. The van der Waals surface area contributed by atoms with Crippen molar-refractivity contribution in [2.45, 2.75) is 19.4 Å². The molecule has 9 heteroatoms. The summed E-state index contributed by atoms with van der Waals surface area (Å²) in [4.78, 5) is 21.5. The minimum atomic E-state index is -0.130. The van der Waals surface area contributed by atoms with Crippen molar-refractivity contribution >= 4 is 50.9 Å². The van der Waals surface area contributed by atoms with Crippen LogP contribution in [0.5, 0.6) is 5.75 Å². The Kier molecular flexibility index (Phi) is 8.07. The summed E-state index contributed by atoms with van der Waals surface area (Å²) in [5, 5.41) is 9.92. The third-order valence-electron chi connectivity index (χ3n) is 8.91. The number of pyridine rings is 1. The molecule has 0 bridgehead atoms. The fourth-order valence-electron chi connectivity index (χ4n) is 6.41. The standard InChI is InChI=1S/C38H35N5O3S/c44-38-32-9-4-27(33-25-43(15-12-30-2-1-21-47-30)37-24-39-14-11-31(33)37)23-35(32)40-34-10-3-26(22-36(34)41-38)13-18-46-29-7-5-28(6-8-29)42-16-19-45-20-17-42/h1-11,14,21-25,40H,12-13,15-20H2,(H,41,44). The minimum absolute atomic E-state index is 0.130. The van der Waals surface area contributed by atoms with Crippen LogP contribution in [0, 0.1) is 0 Å². The van der Waals surface area contributed by atoms with E-state index in [4.69, 9.17) is 9.47 Å². The topological polar surface area (TPSA) is 80.6 Å². The van der Waals surface area contributed by atoms with E-state index < -0.39 is 0 Å². The van der Waals surface area contributed by atoms with Crippen LogP contribution in [0.15, 0.2) is 103 Å². The Labute approximate surface area is 277 Å². The van der Waals surface area contributed by atoms with Crippen molar-refractivity contribution < 1.29 is 14.3 Å². The van der Waals surface area contributed by atoms with E-state index in [1.165, 1.54) is 10.6 Å². The van der Waals surface area contributed by atoms with Gasteiger partial charge in [0.05, 0.1) is 54.2 Å². The number of nitrogens with zero attached hydrogens (tertiary/aromatic N) is 3. The highest BCUT2D eigenvalue weighted by Gasteiger charge is 2.21. The lowest BCUT2D eigenvalue weighted by Crippen LogP contribution is -2.36. The molecule has 0 unspecified atom stereocenters. The third kappa shape index (κ3) is 6.19. The lowest BCUT2D eigenvalue weighted by Gasteiger charge is -2.28. The molecule has 0 saturated carbocycles. The summed E-state index contributed by atoms with van der Waals surface area (Å²) in [5.41, 5.74) is 8.56. The van der Waals surface area contributed by atoms with Gasteiger partial charge >= 0.3 is 0 Å². The number of amides is 1. The van der Waals surface area contributed by atoms with Crippen LogP contribution in [-0.2, 0) is 24.1 Å². The molecular formula is C38H35N5O3S. The van der Waals surface area contributed by atoms with Crippen molar-refractivity contribution in [2.75, 3.05) is 48.4 Å². The largest absolute Gasteiger partial charge is 0.493 e. The molecule has 1 amide bonds. The molecule has 1 fully saturated rings. The van der Waals surface area contributed by atoms with E-state index in [-0.39, 0.29) is 5.91 Å². The molecule has 2 N–H and O–H groups in total. The number of fused-ring (bicyclic) bond motifs is 3. The summed E-state index contributed by atoms with van der Waals surface area (Å²) in [6.45, 7) is 4.77. The Hall–Kier alpha value is -5.12. The van der Waals surface area contributed by atoms with E-state index in [0.717, 1.165) is 96.1 Å². The fraction of sp³-hybridized carbons (Fsp3) is 0.211. The quantitative estimate of drug-likeness (QED) is 0.168. The molecule has 2 aliphatic heterocycles. The number of carbonyl (C=O) groups is 1. The number of aromatic nitrogens is 2. The molecule has 2 aliphatic rings. The number of nitrogens with one attached hydrogen (secondary N) is 2. The van der Waals surface area contributed by atoms with Crippen molar-refractivity contribution in [2.24, 2.45) is 0 Å². The van der Waals surface area contributed by atoms with Crippen LogP contribution >= 0.6 is 11.3 Å². The molecule has 0 aliphatic carbocycles. The van der Waals surface area contributed by atoms with E-state index in [2.05, 4.69) is 79.1 Å². The first kappa shape index (κ1) is 29.3. The number of carbonyl (C=O) groups excluding carboxylic acids is 1. The number of ether oxygens (including phenoxy) is 2. The molecule has 8 nitrogen and oxygen atoms in total. The first-order valence-electron chi connectivity index (χ1n) is 16.0. The maximum atomic E-state index is 13.4. The average Bonchev–Trinajstić information content (AvgIpc) is 3.74. The number of hydrogen-bond acceptors (Lipinski definition) is 7. The van der Waals surface area contributed by atoms with E-state index >= 15 is 0 Å². The van der Waals surface area contributed by atoms with Gasteiger partial charge in [-0.25, -0.2) is 0 Å². The zero-order valence-electron chi connectivity index (χ0n) is 25.9. The van der Waals surface area contributed by atoms with Crippen molar-refractivity contribution in [1.82, 2.24) is 9.55 Å². The number of rotatable bonds is 9. The normalized spacial score (nSPS) is 14.2. The zero-order chi connectivity index (χ0) is 31.6. The Morgan fingerprint density at radius 2 is 1.77 bits per heavy atom. The van der Waals surface area contributed by atoms with Crippen LogP contribution in [0.3, 0.4) is 0 Å². The van der Waals surface area contributed by atoms with Gasteiger partial charge in [0.25, 0.3) is 5.91 Å². The van der Waals surface area contributed by atoms with Gasteiger partial charge in [0.15, 0.2) is 0 Å². The molecule has 1 saturated heterocycles. The van der Waals surface area contributed by atoms with Gasteiger partial charge in [0.1, 0.15) is 5.75 Å². The van der Waals surface area contributed by atoms with Crippen LogP contribution in [0.25, 0.3) is 22.0 Å². The van der Waals surface area contributed by atoms with Crippen LogP contribution in [0.4, 0.5) is 22.7 Å². The average molecular weight is 642 g/mol. The Morgan fingerprint density at radius 1 is 0.872 bits per heavy atom. The summed E-state index contributed by atoms with van der Waals surface area (Å²) in [6.07, 6.45) is 7.67. The summed E-state index contributed by atoms with van der Waals surface area (Å²) >= 11 is 1.79. The molecule has 3 aromatic heterocycles. The second-order valence-electron chi connectivity index (χ2n) is 11.9. The van der Waals surface area contributed by atoms with Gasteiger partial charge in [-0.2, -0.15) is 0 Å². The molecule has 6 aromatic rings.